The first-order valence-corrected chi connectivity index (χ1v) is 13.0. The Morgan fingerprint density at radius 1 is 0.821 bits per heavy atom. The van der Waals surface area contributed by atoms with E-state index >= 15 is 0 Å². The van der Waals surface area contributed by atoms with Crippen molar-refractivity contribution in [3.8, 4) is 0 Å². The fourth-order valence-corrected chi connectivity index (χ4v) is 6.89. The molecule has 1 fully saturated rings. The van der Waals surface area contributed by atoms with Gasteiger partial charge in [-0.2, -0.15) is 0 Å². The molecule has 4 aromatic rings. The van der Waals surface area contributed by atoms with Crippen molar-refractivity contribution in [2.45, 2.75) is 24.9 Å². The number of ketones is 3. The van der Waals surface area contributed by atoms with Crippen LogP contribution in [0.1, 0.15) is 53.7 Å². The van der Waals surface area contributed by atoms with Crippen LogP contribution in [0.25, 0.3) is 6.08 Å². The Labute approximate surface area is 225 Å². The van der Waals surface area contributed by atoms with Crippen LogP contribution in [0.2, 0.25) is 0 Å². The van der Waals surface area contributed by atoms with E-state index in [1.807, 2.05) is 48.2 Å². The van der Waals surface area contributed by atoms with Crippen molar-refractivity contribution in [2.75, 3.05) is 4.90 Å². The van der Waals surface area contributed by atoms with Crippen molar-refractivity contribution in [3.63, 3.8) is 0 Å². The highest BCUT2D eigenvalue weighted by Crippen LogP contribution is 2.61. The third-order valence-corrected chi connectivity index (χ3v) is 8.52. The zero-order chi connectivity index (χ0) is 26.9. The highest BCUT2D eigenvalue weighted by atomic mass is 19.1. The second-order valence-corrected chi connectivity index (χ2v) is 10.6. The Morgan fingerprint density at radius 2 is 1.46 bits per heavy atom. The summed E-state index contributed by atoms with van der Waals surface area (Å²) in [5.41, 5.74) is 2.93. The van der Waals surface area contributed by atoms with E-state index in [-0.39, 0.29) is 17.3 Å². The zero-order valence-corrected chi connectivity index (χ0v) is 21.2. The summed E-state index contributed by atoms with van der Waals surface area (Å²) in [6.45, 7) is 1.98. The predicted octanol–water partition coefficient (Wildman–Crippen LogP) is 6.45. The van der Waals surface area contributed by atoms with Gasteiger partial charge in [0.15, 0.2) is 17.3 Å². The normalized spacial score (nSPS) is 22.1. The lowest BCUT2D eigenvalue weighted by Crippen LogP contribution is -2.48. The summed E-state index contributed by atoms with van der Waals surface area (Å²) < 4.78 is 14.1. The van der Waals surface area contributed by atoms with E-state index in [1.54, 1.807) is 60.7 Å². The smallest absolute Gasteiger partial charge is 0.185 e. The van der Waals surface area contributed by atoms with Crippen molar-refractivity contribution in [1.82, 2.24) is 0 Å². The molecule has 1 saturated heterocycles. The Morgan fingerprint density at radius 3 is 2.13 bits per heavy atom. The summed E-state index contributed by atoms with van der Waals surface area (Å²) in [4.78, 5) is 45.6. The van der Waals surface area contributed by atoms with Gasteiger partial charge in [-0.15, -0.1) is 0 Å². The van der Waals surface area contributed by atoms with Crippen molar-refractivity contribution in [2.24, 2.45) is 5.41 Å². The number of halogens is 1. The lowest BCUT2D eigenvalue weighted by molar-refractivity contribution is 0.0666. The third kappa shape index (κ3) is 3.13. The minimum Gasteiger partial charge on any atom is -0.352 e. The molecule has 3 atom stereocenters. The molecule has 0 radical (unpaired) electrons. The van der Waals surface area contributed by atoms with Gasteiger partial charge < -0.3 is 4.90 Å². The molecule has 1 spiro atoms. The van der Waals surface area contributed by atoms with Crippen molar-refractivity contribution >= 4 is 29.1 Å². The number of Topliss-reactive ketones (excluding diaryl/α,β-unsaturated/α-hetero) is 3. The first kappa shape index (κ1) is 23.5. The monoisotopic (exact) mass is 513 g/mol. The fraction of sp³-hybridized carbons (Fsp3) is 0.147. The maximum absolute atomic E-state index is 14.6. The molecule has 3 aliphatic rings. The lowest BCUT2D eigenvalue weighted by Gasteiger charge is -2.37. The van der Waals surface area contributed by atoms with E-state index in [2.05, 4.69) is 0 Å². The van der Waals surface area contributed by atoms with Gasteiger partial charge in [-0.1, -0.05) is 91.0 Å². The van der Waals surface area contributed by atoms with E-state index in [1.165, 1.54) is 12.1 Å². The van der Waals surface area contributed by atoms with Gasteiger partial charge in [-0.3, -0.25) is 14.4 Å². The molecule has 1 aliphatic carbocycles. The minimum atomic E-state index is -1.59. The quantitative estimate of drug-likeness (QED) is 0.233. The SMILES string of the molecule is Cc1ccc2c(c1)N1[C@@H](C=C2)C2(C(=O)c3ccccc3C2=O)[C@@H](c2ccc(F)cc2)[C@@H]1C(=O)c1ccccc1. The van der Waals surface area contributed by atoms with E-state index < -0.39 is 29.2 Å². The van der Waals surface area contributed by atoms with Crippen molar-refractivity contribution in [3.05, 3.63) is 142 Å². The van der Waals surface area contributed by atoms with Gasteiger partial charge in [0.2, 0.25) is 0 Å². The number of benzene rings is 4. The average Bonchev–Trinajstić information content (AvgIpc) is 3.40. The molecule has 190 valence electrons. The first-order chi connectivity index (χ1) is 18.9. The Balaban J connectivity index is 1.56. The molecular weight excluding hydrogens is 489 g/mol. The Bertz CT molecular complexity index is 1670. The van der Waals surface area contributed by atoms with Crippen LogP contribution in [0.5, 0.6) is 0 Å². The van der Waals surface area contributed by atoms with E-state index in [0.29, 0.717) is 22.3 Å². The molecule has 5 heteroatoms. The highest BCUT2D eigenvalue weighted by Gasteiger charge is 2.71. The van der Waals surface area contributed by atoms with Crippen LogP contribution in [0.4, 0.5) is 10.1 Å². The maximum atomic E-state index is 14.6. The van der Waals surface area contributed by atoms with Crippen LogP contribution < -0.4 is 4.90 Å². The molecule has 0 saturated carbocycles. The second-order valence-electron chi connectivity index (χ2n) is 10.6. The number of anilines is 1. The molecule has 0 bridgehead atoms. The third-order valence-electron chi connectivity index (χ3n) is 8.52. The second kappa shape index (κ2) is 8.43. The van der Waals surface area contributed by atoms with Crippen molar-refractivity contribution < 1.29 is 18.8 Å². The van der Waals surface area contributed by atoms with Gasteiger partial charge in [-0.05, 0) is 41.8 Å². The molecule has 7 rings (SSSR count). The summed E-state index contributed by atoms with van der Waals surface area (Å²) in [7, 11) is 0. The molecule has 2 aliphatic heterocycles. The number of nitrogens with zero attached hydrogens (tertiary/aromatic N) is 1. The fourth-order valence-electron chi connectivity index (χ4n) is 6.89. The van der Waals surface area contributed by atoms with Gasteiger partial charge >= 0.3 is 0 Å². The topological polar surface area (TPSA) is 54.5 Å². The van der Waals surface area contributed by atoms with Gasteiger partial charge in [0.05, 0.1) is 6.04 Å². The maximum Gasteiger partial charge on any atom is 0.185 e. The lowest BCUT2D eigenvalue weighted by atomic mass is 9.64. The van der Waals surface area contributed by atoms with Gasteiger partial charge in [0.25, 0.3) is 0 Å². The van der Waals surface area contributed by atoms with Gasteiger partial charge in [-0.25, -0.2) is 4.39 Å². The summed E-state index contributed by atoms with van der Waals surface area (Å²) in [5, 5.41) is 0. The average molecular weight is 514 g/mol. The van der Waals surface area contributed by atoms with Crippen LogP contribution >= 0.6 is 0 Å². The van der Waals surface area contributed by atoms with Crippen LogP contribution in [-0.2, 0) is 0 Å². The largest absolute Gasteiger partial charge is 0.352 e. The van der Waals surface area contributed by atoms with Crippen LogP contribution in [0.3, 0.4) is 0 Å². The van der Waals surface area contributed by atoms with E-state index in [4.69, 9.17) is 0 Å². The number of carbonyl (C=O) groups excluding carboxylic acids is 3. The molecular formula is C34H24FNO3. The summed E-state index contributed by atoms with van der Waals surface area (Å²) in [6, 6.07) is 26.1. The molecule has 0 amide bonds. The Kier molecular flexibility index (Phi) is 5.08. The number of carbonyl (C=O) groups is 3. The molecule has 2 heterocycles. The molecule has 0 unspecified atom stereocenters. The number of hydrogen-bond acceptors (Lipinski definition) is 4. The summed E-state index contributed by atoms with van der Waals surface area (Å²) >= 11 is 0. The molecule has 0 N–H and O–H groups in total. The highest BCUT2D eigenvalue weighted by molar-refractivity contribution is 6.32. The summed E-state index contributed by atoms with van der Waals surface area (Å²) in [6.07, 6.45) is 3.84. The molecule has 4 nitrogen and oxygen atoms in total. The number of fused-ring (bicyclic) bond motifs is 5. The Hall–Kier alpha value is -4.64. The van der Waals surface area contributed by atoms with Crippen LogP contribution in [0, 0.1) is 18.2 Å². The zero-order valence-electron chi connectivity index (χ0n) is 21.2. The molecule has 4 aromatic carbocycles. The number of aryl methyl sites for hydroxylation is 1. The van der Waals surface area contributed by atoms with Crippen LogP contribution in [0.15, 0.2) is 103 Å². The minimum absolute atomic E-state index is 0.189. The summed E-state index contributed by atoms with van der Waals surface area (Å²) in [5.74, 6) is -2.05. The van der Waals surface area contributed by atoms with Crippen LogP contribution in [-0.4, -0.2) is 29.4 Å². The van der Waals surface area contributed by atoms with E-state index in [9.17, 15) is 18.8 Å². The van der Waals surface area contributed by atoms with Gasteiger partial charge in [0.1, 0.15) is 17.3 Å². The number of rotatable bonds is 3. The molecule has 39 heavy (non-hydrogen) atoms. The molecule has 0 aromatic heterocycles. The first-order valence-electron chi connectivity index (χ1n) is 13.0. The predicted molar refractivity (Wildman–Crippen MR) is 148 cm³/mol. The van der Waals surface area contributed by atoms with Gasteiger partial charge in [0, 0.05) is 28.3 Å². The van der Waals surface area contributed by atoms with Crippen molar-refractivity contribution in [1.29, 1.82) is 0 Å². The standard InChI is InChI=1S/C34H24FNO3/c1-20-11-12-21-15-18-28-34(32(38)25-9-5-6-10-26(25)33(34)39)29(22-13-16-24(35)17-14-22)30(36(28)27(21)19-20)31(37)23-7-3-2-4-8-23/h2-19,28-30H,1H3/t28-,29-,30+/m0/s1. The van der Waals surface area contributed by atoms with E-state index in [0.717, 1.165) is 16.8 Å². The number of hydrogen-bond donors (Lipinski definition) is 0.